The number of halogens is 1. The molecule has 1 aliphatic rings. The van der Waals surface area contributed by atoms with Crippen LogP contribution in [0.2, 0.25) is 0 Å². The Morgan fingerprint density at radius 2 is 1.40 bits per heavy atom. The molecule has 0 radical (unpaired) electrons. The third kappa shape index (κ3) is 3.31. The SMILES string of the molecule is Nc1ccc(N2CCCCCC2)cc1.[Cl-]. The van der Waals surface area contributed by atoms with Crippen molar-refractivity contribution < 1.29 is 12.4 Å². The summed E-state index contributed by atoms with van der Waals surface area (Å²) in [5.74, 6) is 0. The zero-order chi connectivity index (χ0) is 9.80. The van der Waals surface area contributed by atoms with Crippen LogP contribution in [0.5, 0.6) is 0 Å². The van der Waals surface area contributed by atoms with Crippen LogP contribution in [0.25, 0.3) is 0 Å². The molecular formula is C12H18ClN2-. The third-order valence-corrected chi connectivity index (χ3v) is 2.86. The summed E-state index contributed by atoms with van der Waals surface area (Å²) in [7, 11) is 0. The van der Waals surface area contributed by atoms with Gasteiger partial charge in [0, 0.05) is 24.5 Å². The van der Waals surface area contributed by atoms with E-state index in [1.54, 1.807) is 0 Å². The Bertz CT molecular complexity index is 276. The van der Waals surface area contributed by atoms with E-state index < -0.39 is 0 Å². The first-order valence-electron chi connectivity index (χ1n) is 5.47. The number of nitrogens with zero attached hydrogens (tertiary/aromatic N) is 1. The molecule has 1 saturated heterocycles. The molecule has 0 unspecified atom stereocenters. The molecule has 1 aromatic carbocycles. The maximum Gasteiger partial charge on any atom is 0.0367 e. The number of anilines is 2. The van der Waals surface area contributed by atoms with Crippen LogP contribution >= 0.6 is 0 Å². The van der Waals surface area contributed by atoms with Gasteiger partial charge in [-0.15, -0.1) is 0 Å². The van der Waals surface area contributed by atoms with E-state index in [1.807, 2.05) is 12.1 Å². The van der Waals surface area contributed by atoms with E-state index in [9.17, 15) is 0 Å². The molecule has 1 aliphatic heterocycles. The van der Waals surface area contributed by atoms with Crippen LogP contribution in [0.15, 0.2) is 24.3 Å². The average Bonchev–Trinajstić information content (AvgIpc) is 2.47. The Morgan fingerprint density at radius 1 is 0.867 bits per heavy atom. The molecule has 0 saturated carbocycles. The molecule has 1 aromatic rings. The summed E-state index contributed by atoms with van der Waals surface area (Å²) in [5, 5.41) is 0. The van der Waals surface area contributed by atoms with Gasteiger partial charge in [0.15, 0.2) is 0 Å². The molecule has 1 fully saturated rings. The van der Waals surface area contributed by atoms with E-state index in [0.717, 1.165) is 5.69 Å². The number of nitrogen functional groups attached to an aromatic ring is 1. The largest absolute Gasteiger partial charge is 1.00 e. The normalized spacial score (nSPS) is 16.7. The number of hydrogen-bond donors (Lipinski definition) is 1. The first kappa shape index (κ1) is 12.2. The second-order valence-corrected chi connectivity index (χ2v) is 3.99. The van der Waals surface area contributed by atoms with Gasteiger partial charge < -0.3 is 23.0 Å². The van der Waals surface area contributed by atoms with Crippen LogP contribution in [0.1, 0.15) is 25.7 Å². The van der Waals surface area contributed by atoms with E-state index in [2.05, 4.69) is 17.0 Å². The lowest BCUT2D eigenvalue weighted by molar-refractivity contribution is -0.00000289. The predicted octanol–water partition coefficient (Wildman–Crippen LogP) is -0.347. The topological polar surface area (TPSA) is 29.3 Å². The maximum absolute atomic E-state index is 5.67. The van der Waals surface area contributed by atoms with Gasteiger partial charge in [0.25, 0.3) is 0 Å². The van der Waals surface area contributed by atoms with Crippen LogP contribution < -0.4 is 23.0 Å². The number of rotatable bonds is 1. The van der Waals surface area contributed by atoms with Crippen LogP contribution in [0.4, 0.5) is 11.4 Å². The lowest BCUT2D eigenvalue weighted by Gasteiger charge is -2.22. The molecule has 84 valence electrons. The minimum atomic E-state index is 0. The molecule has 3 heteroatoms. The molecule has 0 aliphatic carbocycles. The number of nitrogens with two attached hydrogens (primary N) is 1. The van der Waals surface area contributed by atoms with Gasteiger partial charge in [-0.1, -0.05) is 12.8 Å². The molecule has 0 bridgehead atoms. The van der Waals surface area contributed by atoms with Gasteiger partial charge in [0.1, 0.15) is 0 Å². The first-order chi connectivity index (χ1) is 6.86. The summed E-state index contributed by atoms with van der Waals surface area (Å²) in [4.78, 5) is 2.46. The highest BCUT2D eigenvalue weighted by molar-refractivity contribution is 5.53. The van der Waals surface area contributed by atoms with Gasteiger partial charge in [-0.2, -0.15) is 0 Å². The van der Waals surface area contributed by atoms with Gasteiger partial charge in [-0.25, -0.2) is 0 Å². The molecule has 2 rings (SSSR count). The lowest BCUT2D eigenvalue weighted by Crippen LogP contribution is -3.00. The van der Waals surface area contributed by atoms with Crippen LogP contribution in [-0.2, 0) is 0 Å². The zero-order valence-electron chi connectivity index (χ0n) is 8.95. The van der Waals surface area contributed by atoms with Crippen LogP contribution in [0, 0.1) is 0 Å². The molecule has 1 heterocycles. The van der Waals surface area contributed by atoms with E-state index in [-0.39, 0.29) is 12.4 Å². The highest BCUT2D eigenvalue weighted by atomic mass is 35.5. The van der Waals surface area contributed by atoms with Crippen LogP contribution in [-0.4, -0.2) is 13.1 Å². The van der Waals surface area contributed by atoms with Crippen molar-refractivity contribution in [2.24, 2.45) is 0 Å². The molecule has 0 amide bonds. The second kappa shape index (κ2) is 5.86. The smallest absolute Gasteiger partial charge is 0.0367 e. The Labute approximate surface area is 97.9 Å². The fourth-order valence-corrected chi connectivity index (χ4v) is 2.01. The highest BCUT2D eigenvalue weighted by Gasteiger charge is 2.08. The van der Waals surface area contributed by atoms with Crippen molar-refractivity contribution in [3.63, 3.8) is 0 Å². The first-order valence-corrected chi connectivity index (χ1v) is 5.47. The van der Waals surface area contributed by atoms with Crippen LogP contribution in [0.3, 0.4) is 0 Å². The van der Waals surface area contributed by atoms with Gasteiger partial charge in [0.05, 0.1) is 0 Å². The second-order valence-electron chi connectivity index (χ2n) is 3.99. The quantitative estimate of drug-likeness (QED) is 0.663. The molecule has 0 aromatic heterocycles. The summed E-state index contributed by atoms with van der Waals surface area (Å²) in [6.45, 7) is 2.40. The van der Waals surface area contributed by atoms with E-state index >= 15 is 0 Å². The zero-order valence-corrected chi connectivity index (χ0v) is 9.71. The van der Waals surface area contributed by atoms with E-state index in [4.69, 9.17) is 5.73 Å². The average molecular weight is 226 g/mol. The van der Waals surface area contributed by atoms with Crippen molar-refractivity contribution in [3.05, 3.63) is 24.3 Å². The minimum Gasteiger partial charge on any atom is -1.00 e. The minimum absolute atomic E-state index is 0. The molecule has 0 atom stereocenters. The van der Waals surface area contributed by atoms with Crippen molar-refractivity contribution in [3.8, 4) is 0 Å². The van der Waals surface area contributed by atoms with Crippen molar-refractivity contribution in [2.75, 3.05) is 23.7 Å². The predicted molar refractivity (Wildman–Crippen MR) is 61.5 cm³/mol. The number of hydrogen-bond acceptors (Lipinski definition) is 2. The summed E-state index contributed by atoms with van der Waals surface area (Å²) < 4.78 is 0. The monoisotopic (exact) mass is 225 g/mol. The summed E-state index contributed by atoms with van der Waals surface area (Å²) in [6.07, 6.45) is 5.41. The third-order valence-electron chi connectivity index (χ3n) is 2.86. The fraction of sp³-hybridized carbons (Fsp3) is 0.500. The van der Waals surface area contributed by atoms with E-state index in [0.29, 0.717) is 0 Å². The van der Waals surface area contributed by atoms with E-state index in [1.165, 1.54) is 44.5 Å². The van der Waals surface area contributed by atoms with Gasteiger partial charge in [0.2, 0.25) is 0 Å². The van der Waals surface area contributed by atoms with Gasteiger partial charge in [-0.05, 0) is 37.1 Å². The fourth-order valence-electron chi connectivity index (χ4n) is 2.01. The molecule has 2 nitrogen and oxygen atoms in total. The van der Waals surface area contributed by atoms with Crippen molar-refractivity contribution >= 4 is 11.4 Å². The molecule has 0 spiro atoms. The van der Waals surface area contributed by atoms with Gasteiger partial charge >= 0.3 is 0 Å². The standard InChI is InChI=1S/C12H18N2.ClH/c13-11-5-7-12(8-6-11)14-9-3-1-2-4-10-14;/h5-8H,1-4,9-10,13H2;1H/p-1. The summed E-state index contributed by atoms with van der Waals surface area (Å²) in [5.41, 5.74) is 7.84. The van der Waals surface area contributed by atoms with Gasteiger partial charge in [-0.3, -0.25) is 0 Å². The lowest BCUT2D eigenvalue weighted by atomic mass is 10.2. The number of benzene rings is 1. The Kier molecular flexibility index (Phi) is 4.76. The van der Waals surface area contributed by atoms with Crippen molar-refractivity contribution in [1.82, 2.24) is 0 Å². The molecular weight excluding hydrogens is 208 g/mol. The Morgan fingerprint density at radius 3 is 1.93 bits per heavy atom. The highest BCUT2D eigenvalue weighted by Crippen LogP contribution is 2.20. The summed E-state index contributed by atoms with van der Waals surface area (Å²) >= 11 is 0. The molecule has 15 heavy (non-hydrogen) atoms. The molecule has 2 N–H and O–H groups in total. The van der Waals surface area contributed by atoms with Crippen molar-refractivity contribution in [2.45, 2.75) is 25.7 Å². The summed E-state index contributed by atoms with van der Waals surface area (Å²) in [6, 6.07) is 8.22. The maximum atomic E-state index is 5.67. The Hall–Kier alpha value is -0.890. The van der Waals surface area contributed by atoms with Crippen molar-refractivity contribution in [1.29, 1.82) is 0 Å². The Balaban J connectivity index is 0.00000112.